The fourth-order valence-electron chi connectivity index (χ4n) is 2.96. The summed E-state index contributed by atoms with van der Waals surface area (Å²) >= 11 is 3.10. The zero-order valence-electron chi connectivity index (χ0n) is 14.9. The van der Waals surface area contributed by atoms with E-state index in [0.29, 0.717) is 5.56 Å². The van der Waals surface area contributed by atoms with E-state index in [-0.39, 0.29) is 23.2 Å². The number of sulfone groups is 1. The van der Waals surface area contributed by atoms with Crippen LogP contribution in [0.15, 0.2) is 58.7 Å². The van der Waals surface area contributed by atoms with Gasteiger partial charge in [-0.05, 0) is 41.5 Å². The number of carbonyl (C=O) groups excluding carboxylic acids is 1. The topological polar surface area (TPSA) is 67.3 Å². The van der Waals surface area contributed by atoms with E-state index >= 15 is 0 Å². The zero-order valence-corrected chi connectivity index (χ0v) is 17.3. The maximum absolute atomic E-state index is 13.0. The molecule has 1 amide bonds. The number of carbonyl (C=O) groups is 1. The second-order valence-electron chi connectivity index (χ2n) is 6.58. The first-order valence-electron chi connectivity index (χ1n) is 8.50. The summed E-state index contributed by atoms with van der Waals surface area (Å²) in [6, 6.07) is 5.87. The van der Waals surface area contributed by atoms with Crippen LogP contribution in [-0.4, -0.2) is 36.0 Å². The first-order valence-corrected chi connectivity index (χ1v) is 11.0. The molecule has 2 heterocycles. The fourth-order valence-corrected chi connectivity index (χ4v) is 4.78. The first kappa shape index (κ1) is 21.5. The lowest BCUT2D eigenvalue weighted by Gasteiger charge is -2.28. The summed E-state index contributed by atoms with van der Waals surface area (Å²) in [5.41, 5.74) is 0.323. The molecule has 0 saturated heterocycles. The molecule has 0 N–H and O–H groups in total. The second kappa shape index (κ2) is 8.27. The van der Waals surface area contributed by atoms with Crippen LogP contribution in [0.25, 0.3) is 0 Å². The summed E-state index contributed by atoms with van der Waals surface area (Å²) in [5, 5.41) is 1.08. The number of aromatic nitrogens is 1. The molecule has 1 aromatic carbocycles. The van der Waals surface area contributed by atoms with E-state index < -0.39 is 33.5 Å². The number of hydrogen-bond acceptors (Lipinski definition) is 4. The highest BCUT2D eigenvalue weighted by Crippen LogP contribution is 2.32. The van der Waals surface area contributed by atoms with Crippen molar-refractivity contribution < 1.29 is 26.4 Å². The van der Waals surface area contributed by atoms with Crippen molar-refractivity contribution in [2.75, 3.05) is 5.75 Å². The van der Waals surface area contributed by atoms with E-state index in [9.17, 15) is 26.4 Å². The van der Waals surface area contributed by atoms with Crippen LogP contribution in [0.2, 0.25) is 0 Å². The summed E-state index contributed by atoms with van der Waals surface area (Å²) in [6.45, 7) is 0.157. The summed E-state index contributed by atoms with van der Waals surface area (Å²) < 4.78 is 62.3. The van der Waals surface area contributed by atoms with Gasteiger partial charge in [0, 0.05) is 28.8 Å². The zero-order chi connectivity index (χ0) is 21.2. The van der Waals surface area contributed by atoms with Crippen molar-refractivity contribution in [3.63, 3.8) is 0 Å². The highest BCUT2D eigenvalue weighted by atomic mass is 79.9. The molecule has 0 radical (unpaired) electrons. The Hall–Kier alpha value is -2.20. The average molecular weight is 489 g/mol. The van der Waals surface area contributed by atoms with Crippen LogP contribution >= 0.6 is 15.9 Å². The van der Waals surface area contributed by atoms with Gasteiger partial charge in [0.05, 0.1) is 23.8 Å². The Morgan fingerprint density at radius 1 is 1.21 bits per heavy atom. The van der Waals surface area contributed by atoms with Crippen molar-refractivity contribution in [3.05, 3.63) is 75.4 Å². The third-order valence-electron chi connectivity index (χ3n) is 4.46. The molecule has 1 aromatic heterocycles. The molecule has 1 atom stereocenters. The molecular formula is C19H16BrF3N2O3S. The minimum absolute atomic E-state index is 0.157. The summed E-state index contributed by atoms with van der Waals surface area (Å²) in [5.74, 6) is -0.619. The Kier molecular flexibility index (Phi) is 6.13. The molecule has 1 aliphatic rings. The van der Waals surface area contributed by atoms with E-state index in [1.165, 1.54) is 17.0 Å². The molecule has 29 heavy (non-hydrogen) atoms. The minimum Gasteiger partial charge on any atom is -0.331 e. The monoisotopic (exact) mass is 488 g/mol. The van der Waals surface area contributed by atoms with Gasteiger partial charge in [0.1, 0.15) is 0 Å². The number of rotatable bonds is 5. The molecule has 0 spiro atoms. The van der Waals surface area contributed by atoms with Crippen LogP contribution in [0.1, 0.15) is 16.7 Å². The van der Waals surface area contributed by atoms with Gasteiger partial charge < -0.3 is 4.90 Å². The molecule has 1 unspecified atom stereocenters. The fraction of sp³-hybridized carbons (Fsp3) is 0.263. The van der Waals surface area contributed by atoms with Crippen molar-refractivity contribution in [1.82, 2.24) is 9.88 Å². The molecule has 10 heteroatoms. The third-order valence-corrected chi connectivity index (χ3v) is 6.57. The molecule has 0 aliphatic carbocycles. The lowest BCUT2D eigenvalue weighted by Crippen LogP contribution is -2.41. The van der Waals surface area contributed by atoms with Crippen LogP contribution in [-0.2, 0) is 33.8 Å². The van der Waals surface area contributed by atoms with Gasteiger partial charge in [-0.25, -0.2) is 8.42 Å². The predicted octanol–water partition coefficient (Wildman–Crippen LogP) is 3.74. The van der Waals surface area contributed by atoms with E-state index in [1.807, 2.05) is 0 Å². The normalized spacial score (nSPS) is 18.0. The Morgan fingerprint density at radius 2 is 1.90 bits per heavy atom. The first-order chi connectivity index (χ1) is 13.5. The van der Waals surface area contributed by atoms with Gasteiger partial charge in [0.15, 0.2) is 9.84 Å². The largest absolute Gasteiger partial charge is 0.416 e. The smallest absolute Gasteiger partial charge is 0.331 e. The number of nitrogens with zero attached hydrogens (tertiary/aromatic N) is 2. The van der Waals surface area contributed by atoms with Crippen molar-refractivity contribution in [1.29, 1.82) is 0 Å². The van der Waals surface area contributed by atoms with Gasteiger partial charge in [0.2, 0.25) is 5.91 Å². The predicted molar refractivity (Wildman–Crippen MR) is 104 cm³/mol. The maximum Gasteiger partial charge on any atom is 0.416 e. The van der Waals surface area contributed by atoms with Crippen LogP contribution in [0, 0.1) is 0 Å². The molecule has 0 saturated carbocycles. The van der Waals surface area contributed by atoms with Crippen molar-refractivity contribution in [2.24, 2.45) is 0 Å². The van der Waals surface area contributed by atoms with Crippen LogP contribution in [0.5, 0.6) is 0 Å². The molecule has 3 rings (SSSR count). The molecule has 5 nitrogen and oxygen atoms in total. The van der Waals surface area contributed by atoms with Gasteiger partial charge in [-0.1, -0.05) is 22.0 Å². The van der Waals surface area contributed by atoms with E-state index in [0.717, 1.165) is 23.1 Å². The molecule has 0 bridgehead atoms. The lowest BCUT2D eigenvalue weighted by atomic mass is 10.1. The van der Waals surface area contributed by atoms with Crippen LogP contribution < -0.4 is 0 Å². The summed E-state index contributed by atoms with van der Waals surface area (Å²) in [4.78, 5) is 18.3. The number of halogens is 4. The Balaban J connectivity index is 1.84. The molecule has 154 valence electrons. The SMILES string of the molecule is O=C(Cc1ccc(C(F)(F)F)cc1Br)N(Cc1ccncc1)C1C=CS(=O)(=O)C1. The van der Waals surface area contributed by atoms with Crippen LogP contribution in [0.3, 0.4) is 0 Å². The van der Waals surface area contributed by atoms with Gasteiger partial charge in [-0.15, -0.1) is 0 Å². The van der Waals surface area contributed by atoms with Crippen molar-refractivity contribution in [2.45, 2.75) is 25.2 Å². The number of benzene rings is 1. The summed E-state index contributed by atoms with van der Waals surface area (Å²) in [7, 11) is -3.39. The van der Waals surface area contributed by atoms with Crippen molar-refractivity contribution in [3.8, 4) is 0 Å². The minimum atomic E-state index is -4.48. The number of pyridine rings is 1. The number of hydrogen-bond donors (Lipinski definition) is 0. The Labute approximate surface area is 174 Å². The van der Waals surface area contributed by atoms with Gasteiger partial charge in [-0.3, -0.25) is 9.78 Å². The van der Waals surface area contributed by atoms with E-state index in [2.05, 4.69) is 20.9 Å². The molecular weight excluding hydrogens is 473 g/mol. The van der Waals surface area contributed by atoms with Crippen LogP contribution in [0.4, 0.5) is 13.2 Å². The molecule has 1 aliphatic heterocycles. The number of amides is 1. The highest BCUT2D eigenvalue weighted by Gasteiger charge is 2.32. The van der Waals surface area contributed by atoms with Gasteiger partial charge in [0.25, 0.3) is 0 Å². The van der Waals surface area contributed by atoms with Gasteiger partial charge >= 0.3 is 6.18 Å². The second-order valence-corrected chi connectivity index (χ2v) is 9.37. The Morgan fingerprint density at radius 3 is 2.45 bits per heavy atom. The number of alkyl halides is 3. The lowest BCUT2D eigenvalue weighted by molar-refractivity contribution is -0.137. The maximum atomic E-state index is 13.0. The summed E-state index contributed by atoms with van der Waals surface area (Å²) in [6.07, 6.45) is -0.0802. The van der Waals surface area contributed by atoms with Crippen molar-refractivity contribution >= 4 is 31.7 Å². The average Bonchev–Trinajstić information content (AvgIpc) is 3.00. The quantitative estimate of drug-likeness (QED) is 0.642. The third kappa shape index (κ3) is 5.45. The molecule has 0 fully saturated rings. The van der Waals surface area contributed by atoms with E-state index in [4.69, 9.17) is 0 Å². The van der Waals surface area contributed by atoms with Gasteiger partial charge in [-0.2, -0.15) is 13.2 Å². The standard InChI is InChI=1S/C19H16BrF3N2O3S/c20-17-10-15(19(21,22)23)2-1-14(17)9-18(26)25(11-13-3-6-24-7-4-13)16-5-8-29(27,28)12-16/h1-8,10,16H,9,11-12H2. The van der Waals surface area contributed by atoms with E-state index in [1.54, 1.807) is 24.5 Å². The highest BCUT2D eigenvalue weighted by molar-refractivity contribution is 9.10. The Bertz CT molecular complexity index is 1040. The molecule has 2 aromatic rings.